The molecule has 2 aromatic rings. The molecule has 0 aliphatic rings. The zero-order chi connectivity index (χ0) is 14.7. The Labute approximate surface area is 116 Å². The highest BCUT2D eigenvalue weighted by Crippen LogP contribution is 2.20. The molecule has 0 aliphatic carbocycles. The minimum atomic E-state index is -0.300. The summed E-state index contributed by atoms with van der Waals surface area (Å²) in [7, 11) is 0. The van der Waals surface area contributed by atoms with Crippen LogP contribution in [0.4, 0.5) is 11.4 Å². The fourth-order valence-electron chi connectivity index (χ4n) is 1.77. The second-order valence-corrected chi connectivity index (χ2v) is 4.56. The second kappa shape index (κ2) is 5.56. The Morgan fingerprint density at radius 1 is 1.40 bits per heavy atom. The SMILES string of the molecule is Cc1cc(=O)n(CC(=O)Nc2cccc(N)c2C)cn1. The molecule has 20 heavy (non-hydrogen) atoms. The number of aryl methyl sites for hydroxylation is 1. The standard InChI is InChI=1S/C14H16N4O2/c1-9-6-14(20)18(8-16-9)7-13(19)17-12-5-3-4-11(15)10(12)2/h3-6,8H,7,15H2,1-2H3,(H,17,19). The average Bonchev–Trinajstić information content (AvgIpc) is 2.38. The number of hydrogen-bond acceptors (Lipinski definition) is 4. The van der Waals surface area contributed by atoms with Crippen molar-refractivity contribution in [1.29, 1.82) is 0 Å². The molecule has 104 valence electrons. The van der Waals surface area contributed by atoms with Crippen LogP contribution in [-0.2, 0) is 11.3 Å². The minimum Gasteiger partial charge on any atom is -0.398 e. The molecular formula is C14H16N4O2. The molecule has 0 unspecified atom stereocenters. The monoisotopic (exact) mass is 272 g/mol. The minimum absolute atomic E-state index is 0.0830. The molecule has 1 aromatic carbocycles. The number of aromatic nitrogens is 2. The number of amides is 1. The Kier molecular flexibility index (Phi) is 3.84. The van der Waals surface area contributed by atoms with Gasteiger partial charge in [0.1, 0.15) is 6.54 Å². The predicted molar refractivity (Wildman–Crippen MR) is 77.5 cm³/mol. The highest BCUT2D eigenvalue weighted by atomic mass is 16.2. The van der Waals surface area contributed by atoms with Gasteiger partial charge in [0.15, 0.2) is 0 Å². The summed E-state index contributed by atoms with van der Waals surface area (Å²) in [6.07, 6.45) is 1.36. The van der Waals surface area contributed by atoms with E-state index in [1.54, 1.807) is 25.1 Å². The molecule has 0 saturated carbocycles. The maximum Gasteiger partial charge on any atom is 0.253 e. The van der Waals surface area contributed by atoms with E-state index in [2.05, 4.69) is 10.3 Å². The molecule has 1 heterocycles. The molecule has 0 radical (unpaired) electrons. The van der Waals surface area contributed by atoms with Crippen LogP contribution >= 0.6 is 0 Å². The van der Waals surface area contributed by atoms with Gasteiger partial charge in [-0.25, -0.2) is 4.98 Å². The van der Waals surface area contributed by atoms with Crippen molar-refractivity contribution in [1.82, 2.24) is 9.55 Å². The van der Waals surface area contributed by atoms with Gasteiger partial charge in [-0.3, -0.25) is 14.2 Å². The maximum absolute atomic E-state index is 11.9. The van der Waals surface area contributed by atoms with Crippen molar-refractivity contribution in [3.05, 3.63) is 52.2 Å². The molecular weight excluding hydrogens is 256 g/mol. The maximum atomic E-state index is 11.9. The summed E-state index contributed by atoms with van der Waals surface area (Å²) in [6, 6.07) is 6.68. The summed E-state index contributed by atoms with van der Waals surface area (Å²) in [4.78, 5) is 27.6. The fraction of sp³-hybridized carbons (Fsp3) is 0.214. The van der Waals surface area contributed by atoms with Gasteiger partial charge < -0.3 is 11.1 Å². The van der Waals surface area contributed by atoms with E-state index in [1.165, 1.54) is 17.0 Å². The first-order chi connectivity index (χ1) is 9.47. The molecule has 6 heteroatoms. The van der Waals surface area contributed by atoms with E-state index in [4.69, 9.17) is 5.73 Å². The highest BCUT2D eigenvalue weighted by Gasteiger charge is 2.08. The first kappa shape index (κ1) is 13.8. The summed E-state index contributed by atoms with van der Waals surface area (Å²) in [5.74, 6) is -0.300. The molecule has 3 N–H and O–H groups in total. The van der Waals surface area contributed by atoms with E-state index < -0.39 is 0 Å². The normalized spacial score (nSPS) is 10.3. The number of nitrogens with two attached hydrogens (primary N) is 1. The third-order valence-corrected chi connectivity index (χ3v) is 2.98. The van der Waals surface area contributed by atoms with Crippen LogP contribution in [-0.4, -0.2) is 15.5 Å². The van der Waals surface area contributed by atoms with Crippen molar-refractivity contribution < 1.29 is 4.79 Å². The summed E-state index contributed by atoms with van der Waals surface area (Å²) in [5, 5.41) is 2.73. The molecule has 1 aromatic heterocycles. The van der Waals surface area contributed by atoms with Crippen molar-refractivity contribution in [2.24, 2.45) is 0 Å². The van der Waals surface area contributed by atoms with Crippen molar-refractivity contribution in [2.75, 3.05) is 11.1 Å². The lowest BCUT2D eigenvalue weighted by atomic mass is 10.1. The van der Waals surface area contributed by atoms with Crippen molar-refractivity contribution in [3.8, 4) is 0 Å². The summed E-state index contributed by atoms with van der Waals surface area (Å²) < 4.78 is 1.25. The van der Waals surface area contributed by atoms with Crippen LogP contribution < -0.4 is 16.6 Å². The lowest BCUT2D eigenvalue weighted by Gasteiger charge is -2.10. The van der Waals surface area contributed by atoms with E-state index in [0.29, 0.717) is 17.1 Å². The molecule has 0 bridgehead atoms. The molecule has 0 fully saturated rings. The molecule has 0 saturated heterocycles. The number of hydrogen-bond donors (Lipinski definition) is 2. The summed E-state index contributed by atoms with van der Waals surface area (Å²) >= 11 is 0. The van der Waals surface area contributed by atoms with Crippen molar-refractivity contribution >= 4 is 17.3 Å². The molecule has 0 atom stereocenters. The smallest absolute Gasteiger partial charge is 0.253 e. The lowest BCUT2D eigenvalue weighted by molar-refractivity contribution is -0.116. The Hall–Kier alpha value is -2.63. The van der Waals surface area contributed by atoms with E-state index in [1.807, 2.05) is 6.92 Å². The number of rotatable bonds is 3. The number of carbonyl (C=O) groups is 1. The summed E-state index contributed by atoms with van der Waals surface area (Å²) in [6.45, 7) is 3.47. The lowest BCUT2D eigenvalue weighted by Crippen LogP contribution is -2.27. The van der Waals surface area contributed by atoms with Crippen LogP contribution in [0.2, 0.25) is 0 Å². The van der Waals surface area contributed by atoms with E-state index >= 15 is 0 Å². The summed E-state index contributed by atoms with van der Waals surface area (Å²) in [5.41, 5.74) is 8.20. The highest BCUT2D eigenvalue weighted by molar-refractivity contribution is 5.92. The zero-order valence-electron chi connectivity index (χ0n) is 11.4. The largest absolute Gasteiger partial charge is 0.398 e. The number of carbonyl (C=O) groups excluding carboxylic acids is 1. The Morgan fingerprint density at radius 3 is 2.85 bits per heavy atom. The van der Waals surface area contributed by atoms with Crippen LogP contribution in [0.5, 0.6) is 0 Å². The topological polar surface area (TPSA) is 90.0 Å². The van der Waals surface area contributed by atoms with E-state index in [0.717, 1.165) is 5.56 Å². The van der Waals surface area contributed by atoms with Crippen LogP contribution in [0.1, 0.15) is 11.3 Å². The third-order valence-electron chi connectivity index (χ3n) is 2.98. The van der Waals surface area contributed by atoms with Crippen LogP contribution in [0.15, 0.2) is 35.4 Å². The van der Waals surface area contributed by atoms with Gasteiger partial charge in [0.2, 0.25) is 5.91 Å². The molecule has 2 rings (SSSR count). The predicted octanol–water partition coefficient (Wildman–Crippen LogP) is 1.08. The quantitative estimate of drug-likeness (QED) is 0.818. The van der Waals surface area contributed by atoms with Gasteiger partial charge in [-0.15, -0.1) is 0 Å². The van der Waals surface area contributed by atoms with Gasteiger partial charge in [-0.05, 0) is 31.5 Å². The number of nitrogen functional groups attached to an aromatic ring is 1. The van der Waals surface area contributed by atoms with Gasteiger partial charge in [-0.2, -0.15) is 0 Å². The molecule has 6 nitrogen and oxygen atoms in total. The second-order valence-electron chi connectivity index (χ2n) is 4.56. The number of nitrogens with one attached hydrogen (secondary N) is 1. The Morgan fingerprint density at radius 2 is 2.15 bits per heavy atom. The van der Waals surface area contributed by atoms with Crippen molar-refractivity contribution in [2.45, 2.75) is 20.4 Å². The van der Waals surface area contributed by atoms with Gasteiger partial charge in [0.05, 0.1) is 6.33 Å². The van der Waals surface area contributed by atoms with Gasteiger partial charge >= 0.3 is 0 Å². The van der Waals surface area contributed by atoms with Gasteiger partial charge in [0.25, 0.3) is 5.56 Å². The first-order valence-electron chi connectivity index (χ1n) is 6.15. The van der Waals surface area contributed by atoms with Crippen LogP contribution in [0.25, 0.3) is 0 Å². The van der Waals surface area contributed by atoms with Crippen LogP contribution in [0, 0.1) is 13.8 Å². The third kappa shape index (κ3) is 3.03. The average molecular weight is 272 g/mol. The number of anilines is 2. The van der Waals surface area contributed by atoms with E-state index in [-0.39, 0.29) is 18.0 Å². The molecule has 0 aliphatic heterocycles. The Bertz CT molecular complexity index is 707. The Balaban J connectivity index is 2.13. The zero-order valence-corrected chi connectivity index (χ0v) is 11.4. The van der Waals surface area contributed by atoms with Gasteiger partial charge in [-0.1, -0.05) is 6.07 Å². The first-order valence-corrected chi connectivity index (χ1v) is 6.15. The van der Waals surface area contributed by atoms with E-state index in [9.17, 15) is 9.59 Å². The number of benzene rings is 1. The van der Waals surface area contributed by atoms with Gasteiger partial charge in [0, 0.05) is 23.1 Å². The molecule has 0 spiro atoms. The molecule has 1 amide bonds. The van der Waals surface area contributed by atoms with Crippen LogP contribution in [0.3, 0.4) is 0 Å². The van der Waals surface area contributed by atoms with Crippen molar-refractivity contribution in [3.63, 3.8) is 0 Å². The fourth-order valence-corrected chi connectivity index (χ4v) is 1.77. The number of nitrogens with zero attached hydrogens (tertiary/aromatic N) is 2.